The van der Waals surface area contributed by atoms with Gasteiger partial charge in [-0.3, -0.25) is 4.79 Å². The molecule has 0 radical (unpaired) electrons. The summed E-state index contributed by atoms with van der Waals surface area (Å²) < 4.78 is 6.53. The van der Waals surface area contributed by atoms with E-state index in [2.05, 4.69) is 15.2 Å². The second-order valence-electron chi connectivity index (χ2n) is 4.31. The lowest BCUT2D eigenvalue weighted by molar-refractivity contribution is 0.428. The van der Waals surface area contributed by atoms with Crippen LogP contribution in [0.2, 0.25) is 5.02 Å². The van der Waals surface area contributed by atoms with E-state index < -0.39 is 0 Å². The summed E-state index contributed by atoms with van der Waals surface area (Å²) in [5.74, 6) is 0.677. The van der Waals surface area contributed by atoms with Gasteiger partial charge in [0.05, 0.1) is 0 Å². The summed E-state index contributed by atoms with van der Waals surface area (Å²) in [4.78, 5) is 15.8. The molecule has 3 rings (SSSR count). The molecule has 0 atom stereocenters. The highest BCUT2D eigenvalue weighted by Gasteiger charge is 2.13. The van der Waals surface area contributed by atoms with Crippen LogP contribution >= 0.6 is 11.6 Å². The second kappa shape index (κ2) is 5.49. The Hall–Kier alpha value is -2.47. The van der Waals surface area contributed by atoms with E-state index in [1.807, 2.05) is 19.1 Å². The standard InChI is InChI=1S/C14H11ClN4O2/c1-2-19-12(20)7-6-11(17-19)14-16-13(18-21-14)9-4-3-5-10(15)8-9/h3-8H,2H2,1H3. The molecule has 3 aromatic rings. The number of rotatable bonds is 3. The van der Waals surface area contributed by atoms with Crippen molar-refractivity contribution in [2.75, 3.05) is 0 Å². The van der Waals surface area contributed by atoms with Crippen molar-refractivity contribution in [3.05, 3.63) is 51.8 Å². The molecule has 21 heavy (non-hydrogen) atoms. The van der Waals surface area contributed by atoms with Crippen LogP contribution in [-0.4, -0.2) is 19.9 Å². The van der Waals surface area contributed by atoms with Gasteiger partial charge in [0, 0.05) is 23.2 Å². The molecular formula is C14H11ClN4O2. The number of nitrogens with zero attached hydrogens (tertiary/aromatic N) is 4. The highest BCUT2D eigenvalue weighted by Crippen LogP contribution is 2.22. The lowest BCUT2D eigenvalue weighted by atomic mass is 10.2. The number of halogens is 1. The van der Waals surface area contributed by atoms with Gasteiger partial charge in [-0.15, -0.1) is 0 Å². The fourth-order valence-corrected chi connectivity index (χ4v) is 2.05. The summed E-state index contributed by atoms with van der Waals surface area (Å²) in [6.45, 7) is 2.31. The van der Waals surface area contributed by atoms with Gasteiger partial charge in [0.25, 0.3) is 11.4 Å². The topological polar surface area (TPSA) is 73.8 Å². The van der Waals surface area contributed by atoms with Crippen LogP contribution in [0.15, 0.2) is 45.7 Å². The van der Waals surface area contributed by atoms with Crippen molar-refractivity contribution in [2.45, 2.75) is 13.5 Å². The van der Waals surface area contributed by atoms with Crippen molar-refractivity contribution in [3.63, 3.8) is 0 Å². The molecule has 0 bridgehead atoms. The van der Waals surface area contributed by atoms with E-state index in [-0.39, 0.29) is 11.4 Å². The van der Waals surface area contributed by atoms with Gasteiger partial charge in [-0.05, 0) is 25.1 Å². The molecule has 2 heterocycles. The van der Waals surface area contributed by atoms with Crippen LogP contribution in [-0.2, 0) is 6.54 Å². The van der Waals surface area contributed by atoms with E-state index in [0.717, 1.165) is 5.56 Å². The molecule has 0 aliphatic carbocycles. The van der Waals surface area contributed by atoms with E-state index in [4.69, 9.17) is 16.1 Å². The van der Waals surface area contributed by atoms with E-state index >= 15 is 0 Å². The molecular weight excluding hydrogens is 292 g/mol. The SMILES string of the molecule is CCn1nc(-c2nc(-c3cccc(Cl)c3)no2)ccc1=O. The Morgan fingerprint density at radius 2 is 2.14 bits per heavy atom. The number of hydrogen-bond acceptors (Lipinski definition) is 5. The first-order chi connectivity index (χ1) is 10.2. The highest BCUT2D eigenvalue weighted by molar-refractivity contribution is 6.30. The summed E-state index contributed by atoms with van der Waals surface area (Å²) in [6, 6.07) is 10.1. The Kier molecular flexibility index (Phi) is 3.53. The van der Waals surface area contributed by atoms with E-state index in [1.54, 1.807) is 18.2 Å². The summed E-state index contributed by atoms with van der Waals surface area (Å²) >= 11 is 5.94. The Bertz CT molecular complexity index is 841. The van der Waals surface area contributed by atoms with Gasteiger partial charge >= 0.3 is 0 Å². The molecule has 0 spiro atoms. The zero-order valence-corrected chi connectivity index (χ0v) is 11.9. The fourth-order valence-electron chi connectivity index (χ4n) is 1.86. The van der Waals surface area contributed by atoms with E-state index in [1.165, 1.54) is 10.7 Å². The minimum absolute atomic E-state index is 0.171. The lowest BCUT2D eigenvalue weighted by Gasteiger charge is -2.00. The molecule has 0 aliphatic heterocycles. The van der Waals surface area contributed by atoms with Crippen LogP contribution in [0.25, 0.3) is 23.0 Å². The van der Waals surface area contributed by atoms with E-state index in [0.29, 0.717) is 23.1 Å². The Morgan fingerprint density at radius 3 is 2.90 bits per heavy atom. The Balaban J connectivity index is 2.00. The molecule has 7 heteroatoms. The van der Waals surface area contributed by atoms with Crippen LogP contribution in [0.3, 0.4) is 0 Å². The van der Waals surface area contributed by atoms with Gasteiger partial charge in [0.15, 0.2) is 0 Å². The van der Waals surface area contributed by atoms with Crippen LogP contribution in [0.1, 0.15) is 6.92 Å². The summed E-state index contributed by atoms with van der Waals surface area (Å²) in [5, 5.41) is 8.67. The first-order valence-electron chi connectivity index (χ1n) is 6.35. The van der Waals surface area contributed by atoms with Crippen LogP contribution in [0, 0.1) is 0 Å². The van der Waals surface area contributed by atoms with Gasteiger partial charge in [-0.1, -0.05) is 28.9 Å². The average molecular weight is 303 g/mol. The monoisotopic (exact) mass is 302 g/mol. The van der Waals surface area contributed by atoms with Gasteiger partial charge in [0.1, 0.15) is 5.69 Å². The normalized spacial score (nSPS) is 10.8. The van der Waals surface area contributed by atoms with Crippen molar-refractivity contribution < 1.29 is 4.52 Å². The maximum absolute atomic E-state index is 11.5. The summed E-state index contributed by atoms with van der Waals surface area (Å²) in [7, 11) is 0. The van der Waals surface area contributed by atoms with Crippen molar-refractivity contribution >= 4 is 11.6 Å². The van der Waals surface area contributed by atoms with Crippen molar-refractivity contribution in [1.82, 2.24) is 19.9 Å². The smallest absolute Gasteiger partial charge is 0.278 e. The minimum atomic E-state index is -0.171. The second-order valence-corrected chi connectivity index (χ2v) is 4.74. The molecule has 0 amide bonds. The lowest BCUT2D eigenvalue weighted by Crippen LogP contribution is -2.21. The Labute approximate surface area is 125 Å². The van der Waals surface area contributed by atoms with Gasteiger partial charge in [-0.2, -0.15) is 10.1 Å². The molecule has 2 aromatic heterocycles. The molecule has 0 saturated carbocycles. The molecule has 0 saturated heterocycles. The maximum atomic E-state index is 11.5. The van der Waals surface area contributed by atoms with Crippen LogP contribution in [0.4, 0.5) is 0 Å². The molecule has 0 unspecified atom stereocenters. The van der Waals surface area contributed by atoms with Crippen LogP contribution < -0.4 is 5.56 Å². The first-order valence-corrected chi connectivity index (χ1v) is 6.73. The maximum Gasteiger partial charge on any atom is 0.278 e. The van der Waals surface area contributed by atoms with Crippen molar-refractivity contribution in [1.29, 1.82) is 0 Å². The molecule has 0 aliphatic rings. The number of benzene rings is 1. The van der Waals surface area contributed by atoms with Gasteiger partial charge in [-0.25, -0.2) is 4.68 Å². The summed E-state index contributed by atoms with van der Waals surface area (Å²) in [6.07, 6.45) is 0. The zero-order valence-electron chi connectivity index (χ0n) is 11.2. The van der Waals surface area contributed by atoms with Crippen molar-refractivity contribution in [3.8, 4) is 23.0 Å². The molecule has 1 aromatic carbocycles. The minimum Gasteiger partial charge on any atom is -0.332 e. The van der Waals surface area contributed by atoms with Crippen LogP contribution in [0.5, 0.6) is 0 Å². The van der Waals surface area contributed by atoms with Crippen molar-refractivity contribution in [2.24, 2.45) is 0 Å². The third-order valence-corrected chi connectivity index (χ3v) is 3.13. The third-order valence-electron chi connectivity index (χ3n) is 2.89. The Morgan fingerprint density at radius 1 is 1.29 bits per heavy atom. The van der Waals surface area contributed by atoms with Gasteiger partial charge < -0.3 is 4.52 Å². The number of hydrogen-bond donors (Lipinski definition) is 0. The molecule has 0 N–H and O–H groups in total. The largest absolute Gasteiger partial charge is 0.332 e. The van der Waals surface area contributed by atoms with E-state index in [9.17, 15) is 4.79 Å². The molecule has 6 nitrogen and oxygen atoms in total. The number of aryl methyl sites for hydroxylation is 1. The predicted molar refractivity (Wildman–Crippen MR) is 77.9 cm³/mol. The predicted octanol–water partition coefficient (Wildman–Crippen LogP) is 2.63. The fraction of sp³-hybridized carbons (Fsp3) is 0.143. The average Bonchev–Trinajstić information content (AvgIpc) is 2.97. The zero-order chi connectivity index (χ0) is 14.8. The first kappa shape index (κ1) is 13.5. The quantitative estimate of drug-likeness (QED) is 0.743. The highest BCUT2D eigenvalue weighted by atomic mass is 35.5. The summed E-state index contributed by atoms with van der Waals surface area (Å²) in [5.41, 5.74) is 1.04. The third kappa shape index (κ3) is 2.71. The number of aromatic nitrogens is 4. The molecule has 0 fully saturated rings. The van der Waals surface area contributed by atoms with Gasteiger partial charge in [0.2, 0.25) is 5.82 Å². The molecule has 106 valence electrons.